The zero-order valence-electron chi connectivity index (χ0n) is 9.79. The molecule has 0 aliphatic heterocycles. The van der Waals surface area contributed by atoms with Crippen LogP contribution in [0.3, 0.4) is 0 Å². The van der Waals surface area contributed by atoms with Crippen molar-refractivity contribution in [3.8, 4) is 5.75 Å². The fourth-order valence-electron chi connectivity index (χ4n) is 2.06. The molecule has 1 aliphatic rings. The van der Waals surface area contributed by atoms with Crippen LogP contribution >= 0.6 is 12.4 Å². The Morgan fingerprint density at radius 3 is 2.88 bits per heavy atom. The minimum absolute atomic E-state index is 0. The van der Waals surface area contributed by atoms with E-state index in [1.165, 1.54) is 30.4 Å². The number of fused-ring (bicyclic) bond motifs is 1. The summed E-state index contributed by atoms with van der Waals surface area (Å²) in [6.07, 6.45) is 3.77. The van der Waals surface area contributed by atoms with Crippen LogP contribution in [0.25, 0.3) is 0 Å². The summed E-state index contributed by atoms with van der Waals surface area (Å²) < 4.78 is 5.67. The van der Waals surface area contributed by atoms with Crippen LogP contribution in [0.4, 0.5) is 0 Å². The van der Waals surface area contributed by atoms with Crippen molar-refractivity contribution < 1.29 is 4.74 Å². The van der Waals surface area contributed by atoms with Crippen LogP contribution in [0.1, 0.15) is 24.5 Å². The second-order valence-electron chi connectivity index (χ2n) is 3.99. The fraction of sp³-hybridized carbons (Fsp3) is 0.538. The van der Waals surface area contributed by atoms with Gasteiger partial charge in [-0.3, -0.25) is 0 Å². The van der Waals surface area contributed by atoms with E-state index in [1.807, 2.05) is 0 Å². The van der Waals surface area contributed by atoms with Crippen LogP contribution in [0.2, 0.25) is 0 Å². The van der Waals surface area contributed by atoms with E-state index in [2.05, 4.69) is 30.4 Å². The standard InChI is InChI=1S/C13H19NO.ClH/c1-2-14-8-9-15-13-7-6-11-4-3-5-12(11)10-13;/h6-7,10,14H,2-5,8-9H2,1H3;1H. The average Bonchev–Trinajstić information content (AvgIpc) is 2.71. The predicted octanol–water partition coefficient (Wildman–Crippen LogP) is 2.59. The molecule has 1 N–H and O–H groups in total. The van der Waals surface area contributed by atoms with Gasteiger partial charge in [0.2, 0.25) is 0 Å². The molecule has 0 saturated heterocycles. The van der Waals surface area contributed by atoms with Gasteiger partial charge in [-0.25, -0.2) is 0 Å². The molecule has 3 heteroatoms. The smallest absolute Gasteiger partial charge is 0.119 e. The van der Waals surface area contributed by atoms with Crippen LogP contribution in [-0.4, -0.2) is 19.7 Å². The zero-order valence-corrected chi connectivity index (χ0v) is 10.6. The second kappa shape index (κ2) is 6.77. The van der Waals surface area contributed by atoms with Gasteiger partial charge in [-0.05, 0) is 49.1 Å². The number of hydrogen-bond acceptors (Lipinski definition) is 2. The van der Waals surface area contributed by atoms with E-state index in [9.17, 15) is 0 Å². The van der Waals surface area contributed by atoms with Gasteiger partial charge in [-0.15, -0.1) is 12.4 Å². The summed E-state index contributed by atoms with van der Waals surface area (Å²) >= 11 is 0. The van der Waals surface area contributed by atoms with Crippen LogP contribution in [0, 0.1) is 0 Å². The predicted molar refractivity (Wildman–Crippen MR) is 69.8 cm³/mol. The number of ether oxygens (including phenoxy) is 1. The van der Waals surface area contributed by atoms with Gasteiger partial charge in [0.25, 0.3) is 0 Å². The van der Waals surface area contributed by atoms with Crippen molar-refractivity contribution in [2.24, 2.45) is 0 Å². The topological polar surface area (TPSA) is 21.3 Å². The van der Waals surface area contributed by atoms with E-state index in [0.29, 0.717) is 0 Å². The molecule has 1 aromatic rings. The van der Waals surface area contributed by atoms with Gasteiger partial charge in [0, 0.05) is 6.54 Å². The van der Waals surface area contributed by atoms with E-state index in [-0.39, 0.29) is 12.4 Å². The Morgan fingerprint density at radius 2 is 2.06 bits per heavy atom. The van der Waals surface area contributed by atoms with Crippen molar-refractivity contribution in [3.63, 3.8) is 0 Å². The number of rotatable bonds is 5. The maximum atomic E-state index is 5.67. The average molecular weight is 242 g/mol. The molecule has 0 unspecified atom stereocenters. The fourth-order valence-corrected chi connectivity index (χ4v) is 2.06. The minimum Gasteiger partial charge on any atom is -0.492 e. The van der Waals surface area contributed by atoms with Crippen LogP contribution < -0.4 is 10.1 Å². The van der Waals surface area contributed by atoms with E-state index in [0.717, 1.165) is 25.4 Å². The summed E-state index contributed by atoms with van der Waals surface area (Å²) in [4.78, 5) is 0. The van der Waals surface area contributed by atoms with Gasteiger partial charge in [-0.1, -0.05) is 13.0 Å². The lowest BCUT2D eigenvalue weighted by Crippen LogP contribution is -2.20. The van der Waals surface area contributed by atoms with Gasteiger partial charge in [-0.2, -0.15) is 0 Å². The Bertz CT molecular complexity index is 328. The lowest BCUT2D eigenvalue weighted by Gasteiger charge is -2.08. The summed E-state index contributed by atoms with van der Waals surface area (Å²) in [5.74, 6) is 1.02. The second-order valence-corrected chi connectivity index (χ2v) is 3.99. The Labute approximate surface area is 104 Å². The molecule has 1 aliphatic carbocycles. The Morgan fingerprint density at radius 1 is 1.25 bits per heavy atom. The van der Waals surface area contributed by atoms with Crippen LogP contribution in [0.15, 0.2) is 18.2 Å². The SMILES string of the molecule is CCNCCOc1ccc2c(c1)CCC2.Cl. The molecule has 0 radical (unpaired) electrons. The summed E-state index contributed by atoms with van der Waals surface area (Å²) in [5.41, 5.74) is 2.99. The molecule has 0 spiro atoms. The quantitative estimate of drug-likeness (QED) is 0.801. The Balaban J connectivity index is 0.00000128. The maximum absolute atomic E-state index is 5.67. The lowest BCUT2D eigenvalue weighted by atomic mass is 10.1. The first-order chi connectivity index (χ1) is 7.40. The molecule has 0 atom stereocenters. The number of aryl methyl sites for hydroxylation is 2. The first-order valence-electron chi connectivity index (χ1n) is 5.85. The highest BCUT2D eigenvalue weighted by atomic mass is 35.5. The third-order valence-corrected chi connectivity index (χ3v) is 2.87. The molecule has 90 valence electrons. The largest absolute Gasteiger partial charge is 0.492 e. The van der Waals surface area contributed by atoms with Crippen molar-refractivity contribution >= 4 is 12.4 Å². The molecule has 0 heterocycles. The summed E-state index contributed by atoms with van der Waals surface area (Å²) in [6.45, 7) is 4.79. The van der Waals surface area contributed by atoms with Crippen LogP contribution in [0.5, 0.6) is 5.75 Å². The van der Waals surface area contributed by atoms with E-state index < -0.39 is 0 Å². The van der Waals surface area contributed by atoms with E-state index >= 15 is 0 Å². The van der Waals surface area contributed by atoms with Gasteiger partial charge < -0.3 is 10.1 Å². The van der Waals surface area contributed by atoms with Crippen molar-refractivity contribution in [3.05, 3.63) is 29.3 Å². The number of hydrogen-bond donors (Lipinski definition) is 1. The Hall–Kier alpha value is -0.730. The molecule has 0 bridgehead atoms. The highest BCUT2D eigenvalue weighted by molar-refractivity contribution is 5.85. The minimum atomic E-state index is 0. The summed E-state index contributed by atoms with van der Waals surface area (Å²) in [5, 5.41) is 3.25. The van der Waals surface area contributed by atoms with Gasteiger partial charge in [0.15, 0.2) is 0 Å². The molecular formula is C13H20ClNO. The maximum Gasteiger partial charge on any atom is 0.119 e. The number of nitrogens with one attached hydrogen (secondary N) is 1. The molecule has 16 heavy (non-hydrogen) atoms. The first-order valence-corrected chi connectivity index (χ1v) is 5.85. The highest BCUT2D eigenvalue weighted by Crippen LogP contribution is 2.25. The first kappa shape index (κ1) is 13.3. The number of likely N-dealkylation sites (N-methyl/N-ethyl adjacent to an activating group) is 1. The molecule has 2 nitrogen and oxygen atoms in total. The molecule has 1 aromatic carbocycles. The van der Waals surface area contributed by atoms with E-state index in [4.69, 9.17) is 4.74 Å². The van der Waals surface area contributed by atoms with Gasteiger partial charge in [0.05, 0.1) is 0 Å². The lowest BCUT2D eigenvalue weighted by molar-refractivity contribution is 0.315. The van der Waals surface area contributed by atoms with E-state index in [1.54, 1.807) is 0 Å². The number of halogens is 1. The van der Waals surface area contributed by atoms with Crippen molar-refractivity contribution in [2.45, 2.75) is 26.2 Å². The molecule has 0 amide bonds. The molecule has 2 rings (SSSR count). The monoisotopic (exact) mass is 241 g/mol. The molecule has 0 aromatic heterocycles. The number of benzene rings is 1. The Kier molecular flexibility index (Phi) is 5.64. The highest BCUT2D eigenvalue weighted by Gasteiger charge is 2.10. The zero-order chi connectivity index (χ0) is 10.5. The van der Waals surface area contributed by atoms with Crippen molar-refractivity contribution in [1.82, 2.24) is 5.32 Å². The van der Waals surface area contributed by atoms with Gasteiger partial charge in [0.1, 0.15) is 12.4 Å². The van der Waals surface area contributed by atoms with Gasteiger partial charge >= 0.3 is 0 Å². The summed E-state index contributed by atoms with van der Waals surface area (Å²) in [7, 11) is 0. The third-order valence-electron chi connectivity index (χ3n) is 2.87. The molecule has 0 saturated carbocycles. The van der Waals surface area contributed by atoms with Crippen molar-refractivity contribution in [1.29, 1.82) is 0 Å². The molecular weight excluding hydrogens is 222 g/mol. The normalized spacial score (nSPS) is 13.1. The summed E-state index contributed by atoms with van der Waals surface area (Å²) in [6, 6.07) is 6.51. The molecule has 0 fully saturated rings. The van der Waals surface area contributed by atoms with Crippen LogP contribution in [-0.2, 0) is 12.8 Å². The van der Waals surface area contributed by atoms with Crippen molar-refractivity contribution in [2.75, 3.05) is 19.7 Å². The third kappa shape index (κ3) is 3.39.